The standard InChI is InChI=1S/C48H50FN11O5/c1-29(2)48(62)56-35-8-12-43-39(22-35)38-21-32(7-11-42(38)60(43)27-31-5-4-6-34(49)19-31)33-20-36(24-50-23-33)65-18-17-64-16-15-63-14-13-59-44(61)26-52-46-47(59)57-41(25-51-46)37-9-10-40(55-30(37)3)45-53-28-54-58-45/h4-7,9-11,19-21,23-25,28-29,35H,8,12-18,22,26-27H2,1-3H3,(H,51,52)(H,56,62)(H,53,54,58). The van der Waals surface area contributed by atoms with E-state index in [0.717, 1.165) is 58.1 Å². The zero-order valence-corrected chi connectivity index (χ0v) is 36.5. The lowest BCUT2D eigenvalue weighted by Gasteiger charge is -2.28. The molecule has 17 heteroatoms. The summed E-state index contributed by atoms with van der Waals surface area (Å²) < 4.78 is 34.2. The number of aromatic nitrogens is 8. The molecule has 16 nitrogen and oxygen atoms in total. The number of carbonyl (C=O) groups excluding carboxylic acids is 2. The summed E-state index contributed by atoms with van der Waals surface area (Å²) in [5.41, 5.74) is 9.03. The number of carbonyl (C=O) groups is 2. The first kappa shape index (κ1) is 43.2. The number of hydrogen-bond donors (Lipinski definition) is 3. The van der Waals surface area contributed by atoms with Crippen molar-refractivity contribution in [2.75, 3.05) is 56.3 Å². The van der Waals surface area contributed by atoms with Crippen LogP contribution >= 0.6 is 0 Å². The van der Waals surface area contributed by atoms with Crippen molar-refractivity contribution in [2.45, 2.75) is 52.6 Å². The fourth-order valence-corrected chi connectivity index (χ4v) is 8.38. The number of amides is 2. The minimum atomic E-state index is -0.255. The normalized spacial score (nSPS) is 14.6. The van der Waals surface area contributed by atoms with Gasteiger partial charge in [0.2, 0.25) is 11.8 Å². The van der Waals surface area contributed by atoms with E-state index in [0.29, 0.717) is 74.1 Å². The molecule has 65 heavy (non-hydrogen) atoms. The van der Waals surface area contributed by atoms with E-state index in [9.17, 15) is 14.0 Å². The van der Waals surface area contributed by atoms with Crippen LogP contribution in [0.2, 0.25) is 0 Å². The number of anilines is 2. The highest BCUT2D eigenvalue weighted by Gasteiger charge is 2.29. The molecular weight excluding hydrogens is 830 g/mol. The lowest BCUT2D eigenvalue weighted by Crippen LogP contribution is -2.42. The molecule has 3 N–H and O–H groups in total. The zero-order valence-electron chi connectivity index (χ0n) is 36.5. The number of nitrogens with zero attached hydrogens (tertiary/aromatic N) is 8. The molecule has 0 bridgehead atoms. The molecule has 2 aromatic carbocycles. The molecule has 9 rings (SSSR count). The summed E-state index contributed by atoms with van der Waals surface area (Å²) in [6, 6.07) is 18.9. The van der Waals surface area contributed by atoms with E-state index in [1.807, 2.05) is 51.2 Å². The van der Waals surface area contributed by atoms with Gasteiger partial charge < -0.3 is 29.4 Å². The monoisotopic (exact) mass is 879 g/mol. The van der Waals surface area contributed by atoms with Crippen LogP contribution in [0, 0.1) is 18.7 Å². The number of halogens is 1. The maximum Gasteiger partial charge on any atom is 0.247 e. The van der Waals surface area contributed by atoms with Gasteiger partial charge in [0.1, 0.15) is 30.2 Å². The number of aromatic amines is 1. The van der Waals surface area contributed by atoms with Crippen molar-refractivity contribution >= 4 is 34.4 Å². The number of H-pyrrole nitrogens is 1. The quantitative estimate of drug-likeness (QED) is 0.0864. The van der Waals surface area contributed by atoms with Crippen LogP contribution in [-0.4, -0.2) is 104 Å². The van der Waals surface area contributed by atoms with E-state index in [-0.39, 0.29) is 42.7 Å². The largest absolute Gasteiger partial charge is 0.490 e. The van der Waals surface area contributed by atoms with Gasteiger partial charge >= 0.3 is 0 Å². The molecule has 1 unspecified atom stereocenters. The Morgan fingerprint density at radius 3 is 2.62 bits per heavy atom. The zero-order chi connectivity index (χ0) is 44.9. The topological polar surface area (TPSA) is 187 Å². The van der Waals surface area contributed by atoms with Gasteiger partial charge in [0.15, 0.2) is 17.5 Å². The molecule has 2 amide bonds. The molecule has 5 aromatic heterocycles. The van der Waals surface area contributed by atoms with Crippen LogP contribution in [0.15, 0.2) is 85.6 Å². The van der Waals surface area contributed by atoms with Crippen molar-refractivity contribution in [1.29, 1.82) is 0 Å². The molecule has 0 radical (unpaired) electrons. The Bertz CT molecular complexity index is 2830. The van der Waals surface area contributed by atoms with E-state index < -0.39 is 0 Å². The molecule has 1 aliphatic carbocycles. The summed E-state index contributed by atoms with van der Waals surface area (Å²) in [5, 5.41) is 14.2. The molecule has 7 aromatic rings. The second-order valence-electron chi connectivity index (χ2n) is 16.4. The van der Waals surface area contributed by atoms with E-state index in [2.05, 4.69) is 63.5 Å². The predicted octanol–water partition coefficient (Wildman–Crippen LogP) is 6.34. The van der Waals surface area contributed by atoms with Gasteiger partial charge in [-0.15, -0.1) is 0 Å². The van der Waals surface area contributed by atoms with Crippen LogP contribution in [0.3, 0.4) is 0 Å². The molecule has 334 valence electrons. The Kier molecular flexibility index (Phi) is 12.8. The van der Waals surface area contributed by atoms with Gasteiger partial charge in [-0.25, -0.2) is 24.3 Å². The smallest absolute Gasteiger partial charge is 0.247 e. The highest BCUT2D eigenvalue weighted by Crippen LogP contribution is 2.37. The van der Waals surface area contributed by atoms with Crippen LogP contribution in [0.1, 0.15) is 42.8 Å². The Balaban J connectivity index is 0.776. The summed E-state index contributed by atoms with van der Waals surface area (Å²) in [7, 11) is 0. The Morgan fingerprint density at radius 2 is 1.80 bits per heavy atom. The van der Waals surface area contributed by atoms with Crippen molar-refractivity contribution in [1.82, 2.24) is 45.0 Å². The molecule has 1 atom stereocenters. The van der Waals surface area contributed by atoms with Gasteiger partial charge in [0, 0.05) is 58.1 Å². The number of aryl methyl sites for hydroxylation is 1. The summed E-state index contributed by atoms with van der Waals surface area (Å²) in [6.07, 6.45) is 9.04. The fourth-order valence-electron chi connectivity index (χ4n) is 8.38. The number of fused-ring (bicyclic) bond motifs is 4. The van der Waals surface area contributed by atoms with Gasteiger partial charge in [0.05, 0.1) is 57.6 Å². The van der Waals surface area contributed by atoms with Crippen LogP contribution in [0.5, 0.6) is 5.75 Å². The Hall–Kier alpha value is -7.11. The minimum absolute atomic E-state index is 0.0398. The number of hydrogen-bond acceptors (Lipinski definition) is 12. The van der Waals surface area contributed by atoms with Crippen LogP contribution in [0.25, 0.3) is 44.8 Å². The lowest BCUT2D eigenvalue weighted by molar-refractivity contribution is -0.124. The first-order chi connectivity index (χ1) is 31.7. The average Bonchev–Trinajstić information content (AvgIpc) is 3.96. The predicted molar refractivity (Wildman–Crippen MR) is 243 cm³/mol. The molecule has 0 saturated carbocycles. The molecule has 6 heterocycles. The van der Waals surface area contributed by atoms with Crippen LogP contribution in [-0.2, 0) is 38.4 Å². The van der Waals surface area contributed by atoms with Gasteiger partial charge in [-0.3, -0.25) is 24.6 Å². The molecule has 0 fully saturated rings. The second-order valence-corrected chi connectivity index (χ2v) is 16.4. The van der Waals surface area contributed by atoms with Crippen molar-refractivity contribution in [3.8, 4) is 39.7 Å². The minimum Gasteiger partial charge on any atom is -0.490 e. The number of rotatable bonds is 17. The van der Waals surface area contributed by atoms with Crippen molar-refractivity contribution in [3.63, 3.8) is 0 Å². The van der Waals surface area contributed by atoms with E-state index >= 15 is 0 Å². The lowest BCUT2D eigenvalue weighted by atomic mass is 9.90. The highest BCUT2D eigenvalue weighted by atomic mass is 19.1. The van der Waals surface area contributed by atoms with Gasteiger partial charge in [-0.05, 0) is 85.3 Å². The molecule has 0 saturated heterocycles. The molecule has 0 spiro atoms. The van der Waals surface area contributed by atoms with Crippen molar-refractivity contribution in [3.05, 3.63) is 114 Å². The van der Waals surface area contributed by atoms with Crippen LogP contribution in [0.4, 0.5) is 16.0 Å². The molecular formula is C48H50FN11O5. The number of nitrogens with one attached hydrogen (secondary N) is 3. The van der Waals surface area contributed by atoms with Gasteiger partial charge in [-0.2, -0.15) is 5.10 Å². The first-order valence-corrected chi connectivity index (χ1v) is 21.9. The Labute approximate surface area is 375 Å². The third kappa shape index (κ3) is 9.71. The molecule has 1 aliphatic heterocycles. The van der Waals surface area contributed by atoms with E-state index in [1.54, 1.807) is 29.4 Å². The van der Waals surface area contributed by atoms with E-state index in [4.69, 9.17) is 19.2 Å². The third-order valence-electron chi connectivity index (χ3n) is 11.7. The SMILES string of the molecule is Cc1nc(-c2nc[nH]n2)ccc1-c1cnc2c(n1)N(CCOCCOCCOc1cncc(-c3ccc4c(c3)c3c(n4Cc4cccc(F)c4)CCC(NC(=O)C(C)C)C3)c1)C(=O)CN2. The van der Waals surface area contributed by atoms with Gasteiger partial charge in [-0.1, -0.05) is 32.0 Å². The van der Waals surface area contributed by atoms with Crippen molar-refractivity contribution in [2.24, 2.45) is 5.92 Å². The number of benzene rings is 2. The summed E-state index contributed by atoms with van der Waals surface area (Å²) in [6.45, 7) is 8.27. The first-order valence-electron chi connectivity index (χ1n) is 21.9. The average molecular weight is 880 g/mol. The van der Waals surface area contributed by atoms with Crippen molar-refractivity contribution < 1.29 is 28.2 Å². The number of pyridine rings is 2. The van der Waals surface area contributed by atoms with Gasteiger partial charge in [0.25, 0.3) is 0 Å². The molecule has 2 aliphatic rings. The summed E-state index contributed by atoms with van der Waals surface area (Å²) >= 11 is 0. The fraction of sp³-hybridized carbons (Fsp3) is 0.333. The van der Waals surface area contributed by atoms with E-state index in [1.165, 1.54) is 23.7 Å². The second kappa shape index (κ2) is 19.3. The highest BCUT2D eigenvalue weighted by molar-refractivity contribution is 6.01. The third-order valence-corrected chi connectivity index (χ3v) is 11.7. The maximum atomic E-state index is 14.2. The Morgan fingerprint density at radius 1 is 0.938 bits per heavy atom. The van der Waals surface area contributed by atoms with Crippen LogP contribution < -0.4 is 20.3 Å². The number of ether oxygens (including phenoxy) is 3. The summed E-state index contributed by atoms with van der Waals surface area (Å²) in [5.74, 6) is 1.65. The summed E-state index contributed by atoms with van der Waals surface area (Å²) in [4.78, 5) is 49.9. The maximum absolute atomic E-state index is 14.2.